The molecule has 0 bridgehead atoms. The molecule has 0 amide bonds. The molecule has 0 rings (SSSR count). The SMILES string of the molecule is C[Si](C)(C)/C=C(/CCCC/C(=C/[Si](C)(C)C)[Si](C)(C)C)[Si](C)(C)C. The Bertz CT molecular complexity index is 402. The largest absolute Gasteiger partial charge is 0.0995 e. The van der Waals surface area contributed by atoms with Crippen LogP contribution in [0, 0.1) is 0 Å². The highest BCUT2D eigenvalue weighted by atomic mass is 28.3. The summed E-state index contributed by atoms with van der Waals surface area (Å²) in [6.45, 7) is 30.0. The Balaban J connectivity index is 4.90. The summed E-state index contributed by atoms with van der Waals surface area (Å²) < 4.78 is 0. The van der Waals surface area contributed by atoms with Crippen LogP contribution in [0.25, 0.3) is 0 Å². The van der Waals surface area contributed by atoms with Crippen molar-refractivity contribution in [1.82, 2.24) is 0 Å². The van der Waals surface area contributed by atoms with E-state index in [9.17, 15) is 0 Å². The minimum atomic E-state index is -1.15. The number of hydrogen-bond acceptors (Lipinski definition) is 0. The van der Waals surface area contributed by atoms with Gasteiger partial charge in [0.2, 0.25) is 0 Å². The van der Waals surface area contributed by atoms with Crippen LogP contribution in [0.2, 0.25) is 78.6 Å². The average Bonchev–Trinajstić information content (AvgIpc) is 2.25. The van der Waals surface area contributed by atoms with E-state index < -0.39 is 32.3 Å². The molecule has 0 heterocycles. The lowest BCUT2D eigenvalue weighted by Crippen LogP contribution is -2.29. The normalized spacial score (nSPS) is 15.8. The van der Waals surface area contributed by atoms with Crippen LogP contribution < -0.4 is 0 Å². The Kier molecular flexibility index (Phi) is 8.95. The number of hydrogen-bond donors (Lipinski definition) is 0. The van der Waals surface area contributed by atoms with Crippen LogP contribution >= 0.6 is 0 Å². The van der Waals surface area contributed by atoms with Gasteiger partial charge >= 0.3 is 0 Å². The van der Waals surface area contributed by atoms with Crippen molar-refractivity contribution in [2.24, 2.45) is 0 Å². The van der Waals surface area contributed by atoms with Crippen LogP contribution in [-0.4, -0.2) is 32.3 Å². The monoisotopic (exact) mass is 398 g/mol. The van der Waals surface area contributed by atoms with Gasteiger partial charge in [-0.1, -0.05) is 100 Å². The van der Waals surface area contributed by atoms with E-state index in [1.54, 1.807) is 0 Å². The predicted octanol–water partition coefficient (Wildman–Crippen LogP) is 7.91. The molecule has 0 aliphatic carbocycles. The second-order valence-corrected chi connectivity index (χ2v) is 32.1. The molecule has 24 heavy (non-hydrogen) atoms. The highest BCUT2D eigenvalue weighted by Gasteiger charge is 2.24. The first-order chi connectivity index (χ1) is 10.4. The zero-order chi connectivity index (χ0) is 19.4. The zero-order valence-electron chi connectivity index (χ0n) is 19.0. The molecule has 0 N–H and O–H groups in total. The number of allylic oxidation sites excluding steroid dienone is 2. The van der Waals surface area contributed by atoms with Gasteiger partial charge in [-0.2, -0.15) is 0 Å². The topological polar surface area (TPSA) is 0 Å². The van der Waals surface area contributed by atoms with Crippen LogP contribution in [0.5, 0.6) is 0 Å². The number of unbranched alkanes of at least 4 members (excludes halogenated alkanes) is 1. The molecule has 0 atom stereocenters. The molecule has 0 nitrogen and oxygen atoms in total. The van der Waals surface area contributed by atoms with Gasteiger partial charge in [0.1, 0.15) is 0 Å². The summed E-state index contributed by atoms with van der Waals surface area (Å²) in [6, 6.07) is 0. The van der Waals surface area contributed by atoms with Crippen molar-refractivity contribution in [1.29, 1.82) is 0 Å². The van der Waals surface area contributed by atoms with E-state index in [2.05, 4.69) is 90.0 Å². The lowest BCUT2D eigenvalue weighted by molar-refractivity contribution is 0.746. The summed E-state index contributed by atoms with van der Waals surface area (Å²) >= 11 is 0. The molecule has 0 aromatic heterocycles. The van der Waals surface area contributed by atoms with E-state index in [0.29, 0.717) is 0 Å². The second-order valence-electron chi connectivity index (χ2n) is 11.8. The summed E-state index contributed by atoms with van der Waals surface area (Å²) in [7, 11) is -4.50. The molecule has 0 fully saturated rings. The average molecular weight is 399 g/mol. The van der Waals surface area contributed by atoms with Gasteiger partial charge in [-0.3, -0.25) is 0 Å². The third-order valence-corrected chi connectivity index (χ3v) is 11.9. The van der Waals surface area contributed by atoms with Crippen molar-refractivity contribution in [3.63, 3.8) is 0 Å². The Hall–Kier alpha value is 0.348. The highest BCUT2D eigenvalue weighted by molar-refractivity contribution is 6.88. The fourth-order valence-corrected chi connectivity index (χ4v) is 13.3. The molecule has 0 radical (unpaired) electrons. The highest BCUT2D eigenvalue weighted by Crippen LogP contribution is 2.27. The first-order valence-electron chi connectivity index (χ1n) is 9.86. The van der Waals surface area contributed by atoms with Crippen LogP contribution in [0.1, 0.15) is 25.7 Å². The van der Waals surface area contributed by atoms with Gasteiger partial charge in [0, 0.05) is 0 Å². The van der Waals surface area contributed by atoms with E-state index >= 15 is 0 Å². The molecule has 0 spiro atoms. The predicted molar refractivity (Wildman–Crippen MR) is 128 cm³/mol. The van der Waals surface area contributed by atoms with E-state index in [4.69, 9.17) is 0 Å². The Morgan fingerprint density at radius 3 is 0.917 bits per heavy atom. The fourth-order valence-electron chi connectivity index (χ4n) is 3.00. The minimum Gasteiger partial charge on any atom is -0.0995 e. The zero-order valence-corrected chi connectivity index (χ0v) is 23.0. The third kappa shape index (κ3) is 11.8. The molecule has 0 saturated heterocycles. The van der Waals surface area contributed by atoms with E-state index in [1.807, 2.05) is 10.4 Å². The second kappa shape index (κ2) is 8.83. The molecule has 0 unspecified atom stereocenters. The van der Waals surface area contributed by atoms with Gasteiger partial charge in [0.05, 0.1) is 32.3 Å². The first kappa shape index (κ1) is 24.3. The Morgan fingerprint density at radius 1 is 0.500 bits per heavy atom. The van der Waals surface area contributed by atoms with Crippen LogP contribution in [0.3, 0.4) is 0 Å². The van der Waals surface area contributed by atoms with Crippen molar-refractivity contribution < 1.29 is 0 Å². The standard InChI is InChI=1S/C20H46Si4/c1-21(2,3)17-19(23(7,8)9)15-13-14-16-20(24(10,11)12)18-22(4,5)6/h17-18H,13-16H2,1-12H3/b19-17-,20-18-. The minimum absolute atomic E-state index is 1.10. The summed E-state index contributed by atoms with van der Waals surface area (Å²) in [5.41, 5.74) is 5.44. The Morgan fingerprint density at radius 2 is 0.750 bits per heavy atom. The molecule has 0 aromatic rings. The first-order valence-corrected chi connectivity index (χ1v) is 24.0. The van der Waals surface area contributed by atoms with E-state index in [0.717, 1.165) is 0 Å². The Labute approximate surface area is 158 Å². The van der Waals surface area contributed by atoms with Gasteiger partial charge in [-0.05, 0) is 25.7 Å². The molecule has 4 heteroatoms. The van der Waals surface area contributed by atoms with E-state index in [1.165, 1.54) is 25.7 Å². The molecule has 142 valence electrons. The van der Waals surface area contributed by atoms with Gasteiger partial charge in [-0.25, -0.2) is 0 Å². The van der Waals surface area contributed by atoms with Gasteiger partial charge in [-0.15, -0.1) is 0 Å². The van der Waals surface area contributed by atoms with Crippen molar-refractivity contribution in [2.45, 2.75) is 104 Å². The maximum atomic E-state index is 2.72. The van der Waals surface area contributed by atoms with Gasteiger partial charge in [0.15, 0.2) is 0 Å². The van der Waals surface area contributed by atoms with Gasteiger partial charge in [0.25, 0.3) is 0 Å². The van der Waals surface area contributed by atoms with Crippen molar-refractivity contribution in [2.75, 3.05) is 0 Å². The van der Waals surface area contributed by atoms with Crippen LogP contribution in [0.4, 0.5) is 0 Å². The lowest BCUT2D eigenvalue weighted by Gasteiger charge is -2.26. The molecule has 0 aliphatic rings. The quantitative estimate of drug-likeness (QED) is 0.273. The number of rotatable bonds is 9. The third-order valence-electron chi connectivity index (χ3n) is 4.28. The smallest absolute Gasteiger partial charge is 0.0715 e. The summed E-state index contributed by atoms with van der Waals surface area (Å²) in [6.07, 6.45) is 5.47. The van der Waals surface area contributed by atoms with Crippen molar-refractivity contribution in [3.8, 4) is 0 Å². The maximum absolute atomic E-state index is 2.72. The van der Waals surface area contributed by atoms with Crippen molar-refractivity contribution >= 4 is 32.3 Å². The molecule has 0 aliphatic heterocycles. The summed E-state index contributed by atoms with van der Waals surface area (Å²) in [4.78, 5) is 0. The summed E-state index contributed by atoms with van der Waals surface area (Å²) in [5.74, 6) is 0. The molecular weight excluding hydrogens is 353 g/mol. The van der Waals surface area contributed by atoms with Crippen LogP contribution in [-0.2, 0) is 0 Å². The summed E-state index contributed by atoms with van der Waals surface area (Å²) in [5, 5.41) is 3.68. The van der Waals surface area contributed by atoms with Crippen LogP contribution in [0.15, 0.2) is 21.8 Å². The van der Waals surface area contributed by atoms with Crippen molar-refractivity contribution in [3.05, 3.63) is 21.8 Å². The van der Waals surface area contributed by atoms with Gasteiger partial charge < -0.3 is 0 Å². The molecule has 0 aromatic carbocycles. The fraction of sp³-hybridized carbons (Fsp3) is 0.800. The lowest BCUT2D eigenvalue weighted by atomic mass is 10.2. The molecular formula is C20H46Si4. The maximum Gasteiger partial charge on any atom is 0.0715 e. The molecule has 0 saturated carbocycles. The van der Waals surface area contributed by atoms with E-state index in [-0.39, 0.29) is 0 Å².